The van der Waals surface area contributed by atoms with Crippen molar-refractivity contribution >= 4 is 15.9 Å². The van der Waals surface area contributed by atoms with E-state index in [0.717, 1.165) is 18.5 Å². The molecule has 0 aliphatic heterocycles. The van der Waals surface area contributed by atoms with Gasteiger partial charge >= 0.3 is 0 Å². The molecule has 0 aromatic heterocycles. The van der Waals surface area contributed by atoms with Gasteiger partial charge in [0.15, 0.2) is 0 Å². The SMILES string of the molecule is CC(C)C(CBr)NCCOCc1ccccc1. The Morgan fingerprint density at radius 2 is 1.94 bits per heavy atom. The van der Waals surface area contributed by atoms with Gasteiger partial charge < -0.3 is 10.1 Å². The molecule has 96 valence electrons. The molecule has 1 rings (SSSR count). The maximum absolute atomic E-state index is 5.62. The summed E-state index contributed by atoms with van der Waals surface area (Å²) < 4.78 is 5.62. The number of hydrogen-bond donors (Lipinski definition) is 1. The standard InChI is InChI=1S/C14H22BrNO/c1-12(2)14(10-15)16-8-9-17-11-13-6-4-3-5-7-13/h3-7,12,14,16H,8-11H2,1-2H3. The van der Waals surface area contributed by atoms with Gasteiger partial charge in [-0.3, -0.25) is 0 Å². The zero-order chi connectivity index (χ0) is 12.5. The highest BCUT2D eigenvalue weighted by Crippen LogP contribution is 2.04. The van der Waals surface area contributed by atoms with Gasteiger partial charge in [0.25, 0.3) is 0 Å². The van der Waals surface area contributed by atoms with E-state index in [1.54, 1.807) is 0 Å². The smallest absolute Gasteiger partial charge is 0.0717 e. The molecule has 17 heavy (non-hydrogen) atoms. The van der Waals surface area contributed by atoms with Crippen LogP contribution in [0.25, 0.3) is 0 Å². The predicted molar refractivity (Wildman–Crippen MR) is 76.5 cm³/mol. The van der Waals surface area contributed by atoms with Crippen molar-refractivity contribution in [2.24, 2.45) is 5.92 Å². The number of ether oxygens (including phenoxy) is 1. The molecule has 0 bridgehead atoms. The number of benzene rings is 1. The second-order valence-electron chi connectivity index (χ2n) is 4.50. The fraction of sp³-hybridized carbons (Fsp3) is 0.571. The Labute approximate surface area is 113 Å². The highest BCUT2D eigenvalue weighted by atomic mass is 79.9. The molecule has 1 aromatic carbocycles. The van der Waals surface area contributed by atoms with Crippen molar-refractivity contribution in [1.82, 2.24) is 5.32 Å². The maximum atomic E-state index is 5.62. The lowest BCUT2D eigenvalue weighted by Gasteiger charge is -2.19. The van der Waals surface area contributed by atoms with Gasteiger partial charge in [0.2, 0.25) is 0 Å². The highest BCUT2D eigenvalue weighted by molar-refractivity contribution is 9.09. The van der Waals surface area contributed by atoms with Crippen LogP contribution in [0.2, 0.25) is 0 Å². The lowest BCUT2D eigenvalue weighted by atomic mass is 10.1. The van der Waals surface area contributed by atoms with E-state index in [1.807, 2.05) is 18.2 Å². The van der Waals surface area contributed by atoms with Crippen molar-refractivity contribution in [2.45, 2.75) is 26.5 Å². The molecule has 0 radical (unpaired) electrons. The van der Waals surface area contributed by atoms with Crippen LogP contribution in [0.4, 0.5) is 0 Å². The van der Waals surface area contributed by atoms with Gasteiger partial charge in [-0.1, -0.05) is 60.1 Å². The van der Waals surface area contributed by atoms with E-state index in [0.29, 0.717) is 18.6 Å². The van der Waals surface area contributed by atoms with E-state index in [4.69, 9.17) is 4.74 Å². The number of alkyl halides is 1. The second kappa shape index (κ2) is 8.67. The first-order valence-corrected chi connectivity index (χ1v) is 7.27. The van der Waals surface area contributed by atoms with Crippen LogP contribution in [0.5, 0.6) is 0 Å². The average molecular weight is 300 g/mol. The fourth-order valence-corrected chi connectivity index (χ4v) is 2.53. The van der Waals surface area contributed by atoms with E-state index in [2.05, 4.69) is 47.2 Å². The summed E-state index contributed by atoms with van der Waals surface area (Å²) in [5.74, 6) is 0.642. The first kappa shape index (κ1) is 14.7. The van der Waals surface area contributed by atoms with Gasteiger partial charge in [0.05, 0.1) is 13.2 Å². The summed E-state index contributed by atoms with van der Waals surface area (Å²) in [6.45, 7) is 6.81. The van der Waals surface area contributed by atoms with Crippen LogP contribution in [-0.2, 0) is 11.3 Å². The van der Waals surface area contributed by atoms with Crippen molar-refractivity contribution in [2.75, 3.05) is 18.5 Å². The molecule has 1 N–H and O–H groups in total. The summed E-state index contributed by atoms with van der Waals surface area (Å²) in [4.78, 5) is 0. The predicted octanol–water partition coefficient (Wildman–Crippen LogP) is 3.21. The van der Waals surface area contributed by atoms with Crippen molar-refractivity contribution < 1.29 is 4.74 Å². The molecule has 0 fully saturated rings. The molecule has 1 aromatic rings. The lowest BCUT2D eigenvalue weighted by molar-refractivity contribution is 0.120. The first-order chi connectivity index (χ1) is 8.24. The molecule has 0 saturated carbocycles. The van der Waals surface area contributed by atoms with E-state index in [1.165, 1.54) is 5.56 Å². The maximum Gasteiger partial charge on any atom is 0.0717 e. The number of rotatable bonds is 8. The van der Waals surface area contributed by atoms with Gasteiger partial charge in [0.1, 0.15) is 0 Å². The Balaban J connectivity index is 2.08. The molecule has 0 spiro atoms. The molecule has 0 amide bonds. The highest BCUT2D eigenvalue weighted by Gasteiger charge is 2.09. The lowest BCUT2D eigenvalue weighted by Crippen LogP contribution is -2.37. The Morgan fingerprint density at radius 1 is 1.24 bits per heavy atom. The third-order valence-corrected chi connectivity index (χ3v) is 3.43. The normalized spacial score (nSPS) is 12.9. The van der Waals surface area contributed by atoms with Gasteiger partial charge in [0, 0.05) is 17.9 Å². The Bertz CT molecular complexity index is 290. The molecule has 0 heterocycles. The van der Waals surface area contributed by atoms with Crippen LogP contribution < -0.4 is 5.32 Å². The van der Waals surface area contributed by atoms with E-state index in [-0.39, 0.29) is 0 Å². The summed E-state index contributed by atoms with van der Waals surface area (Å²) in [7, 11) is 0. The Morgan fingerprint density at radius 3 is 2.53 bits per heavy atom. The summed E-state index contributed by atoms with van der Waals surface area (Å²) >= 11 is 3.52. The van der Waals surface area contributed by atoms with Gasteiger partial charge in [-0.2, -0.15) is 0 Å². The molecule has 0 saturated heterocycles. The molecule has 0 aliphatic carbocycles. The quantitative estimate of drug-likeness (QED) is 0.588. The van der Waals surface area contributed by atoms with E-state index >= 15 is 0 Å². The number of halogens is 1. The summed E-state index contributed by atoms with van der Waals surface area (Å²) in [5.41, 5.74) is 1.23. The van der Waals surface area contributed by atoms with Gasteiger partial charge in [-0.15, -0.1) is 0 Å². The fourth-order valence-electron chi connectivity index (χ4n) is 1.55. The minimum absolute atomic E-state index is 0.523. The van der Waals surface area contributed by atoms with Crippen LogP contribution in [0.15, 0.2) is 30.3 Å². The zero-order valence-electron chi connectivity index (χ0n) is 10.7. The molecule has 3 heteroatoms. The minimum atomic E-state index is 0.523. The third kappa shape index (κ3) is 6.20. The molecule has 1 unspecified atom stereocenters. The summed E-state index contributed by atoms with van der Waals surface area (Å²) in [5, 5.41) is 4.47. The summed E-state index contributed by atoms with van der Waals surface area (Å²) in [6.07, 6.45) is 0. The largest absolute Gasteiger partial charge is 0.375 e. The molecule has 0 aliphatic rings. The zero-order valence-corrected chi connectivity index (χ0v) is 12.2. The Kier molecular flexibility index (Phi) is 7.49. The topological polar surface area (TPSA) is 21.3 Å². The molecule has 1 atom stereocenters. The van der Waals surface area contributed by atoms with Crippen LogP contribution in [0.1, 0.15) is 19.4 Å². The molecular formula is C14H22BrNO. The van der Waals surface area contributed by atoms with Crippen LogP contribution >= 0.6 is 15.9 Å². The van der Waals surface area contributed by atoms with Gasteiger partial charge in [-0.05, 0) is 11.5 Å². The second-order valence-corrected chi connectivity index (χ2v) is 5.14. The number of nitrogens with one attached hydrogen (secondary N) is 1. The van der Waals surface area contributed by atoms with Crippen molar-refractivity contribution in [1.29, 1.82) is 0 Å². The van der Waals surface area contributed by atoms with Crippen molar-refractivity contribution in [3.63, 3.8) is 0 Å². The monoisotopic (exact) mass is 299 g/mol. The minimum Gasteiger partial charge on any atom is -0.375 e. The first-order valence-electron chi connectivity index (χ1n) is 6.15. The molecule has 2 nitrogen and oxygen atoms in total. The van der Waals surface area contributed by atoms with Crippen molar-refractivity contribution in [3.05, 3.63) is 35.9 Å². The third-order valence-electron chi connectivity index (χ3n) is 2.74. The molecular weight excluding hydrogens is 278 g/mol. The Hall–Kier alpha value is -0.380. The summed E-state index contributed by atoms with van der Waals surface area (Å²) in [6, 6.07) is 10.8. The van der Waals surface area contributed by atoms with Crippen LogP contribution in [-0.4, -0.2) is 24.5 Å². The van der Waals surface area contributed by atoms with Crippen LogP contribution in [0, 0.1) is 5.92 Å². The van der Waals surface area contributed by atoms with Gasteiger partial charge in [-0.25, -0.2) is 0 Å². The van der Waals surface area contributed by atoms with Crippen LogP contribution in [0.3, 0.4) is 0 Å². The number of hydrogen-bond acceptors (Lipinski definition) is 2. The average Bonchev–Trinajstić information content (AvgIpc) is 2.34. The van der Waals surface area contributed by atoms with E-state index in [9.17, 15) is 0 Å². The van der Waals surface area contributed by atoms with E-state index < -0.39 is 0 Å². The van der Waals surface area contributed by atoms with Crippen molar-refractivity contribution in [3.8, 4) is 0 Å².